The minimum Gasteiger partial charge on any atom is -0.509 e. The lowest BCUT2D eigenvalue weighted by atomic mass is 9.99. The topological polar surface area (TPSA) is 59.0 Å². The molecule has 21 heavy (non-hydrogen) atoms. The molecule has 0 atom stereocenters. The largest absolute Gasteiger partial charge is 0.509 e. The summed E-state index contributed by atoms with van der Waals surface area (Å²) in [5, 5.41) is 12.0. The Hall–Kier alpha value is -1.08. The van der Waals surface area contributed by atoms with Crippen LogP contribution in [-0.4, -0.2) is 35.5 Å². The minimum atomic E-state index is -0.993. The zero-order chi connectivity index (χ0) is 15.8. The van der Waals surface area contributed by atoms with E-state index in [0.717, 1.165) is 5.06 Å². The summed E-state index contributed by atoms with van der Waals surface area (Å²) in [6, 6.07) is 5.03. The van der Waals surface area contributed by atoms with E-state index in [2.05, 4.69) is 15.9 Å². The second-order valence-corrected chi connectivity index (χ2v) is 6.33. The molecule has 0 spiro atoms. The van der Waals surface area contributed by atoms with Gasteiger partial charge in [-0.05, 0) is 32.0 Å². The van der Waals surface area contributed by atoms with Gasteiger partial charge in [0, 0.05) is 22.2 Å². The Bertz CT molecular complexity index is 615. The van der Waals surface area contributed by atoms with Crippen molar-refractivity contribution in [2.75, 3.05) is 13.9 Å². The second kappa shape index (κ2) is 5.96. The van der Waals surface area contributed by atoms with Gasteiger partial charge < -0.3 is 9.84 Å². The molecule has 0 radical (unpaired) electrons. The number of aliphatic hydroxyl groups excluding tert-OH is 1. The first kappa shape index (κ1) is 16.3. The van der Waals surface area contributed by atoms with Crippen LogP contribution in [0.4, 0.5) is 0 Å². The number of halogens is 2. The van der Waals surface area contributed by atoms with E-state index in [9.17, 15) is 9.90 Å². The van der Waals surface area contributed by atoms with Crippen LogP contribution in [0.3, 0.4) is 0 Å². The van der Waals surface area contributed by atoms with Crippen molar-refractivity contribution in [2.24, 2.45) is 0 Å². The monoisotopic (exact) mass is 375 g/mol. The first-order valence-electron chi connectivity index (χ1n) is 6.16. The van der Waals surface area contributed by atoms with E-state index in [0.29, 0.717) is 15.1 Å². The number of aliphatic hydroxyl groups is 1. The predicted molar refractivity (Wildman–Crippen MR) is 82.6 cm³/mol. The van der Waals surface area contributed by atoms with Crippen LogP contribution in [0.25, 0.3) is 5.57 Å². The number of benzene rings is 1. The van der Waals surface area contributed by atoms with Gasteiger partial charge in [-0.15, -0.1) is 0 Å². The van der Waals surface area contributed by atoms with E-state index in [-0.39, 0.29) is 18.1 Å². The molecule has 1 amide bonds. The van der Waals surface area contributed by atoms with Crippen molar-refractivity contribution in [3.05, 3.63) is 39.0 Å². The molecule has 0 aromatic heterocycles. The van der Waals surface area contributed by atoms with Gasteiger partial charge >= 0.3 is 0 Å². The van der Waals surface area contributed by atoms with Crippen molar-refractivity contribution in [1.29, 1.82) is 0 Å². The molecule has 1 heterocycles. The number of methoxy groups -OCH3 is 1. The van der Waals surface area contributed by atoms with Crippen LogP contribution in [-0.2, 0) is 14.4 Å². The molecule has 1 aliphatic rings. The lowest BCUT2D eigenvalue weighted by Crippen LogP contribution is -2.43. The maximum Gasteiger partial charge on any atom is 0.282 e. The highest BCUT2D eigenvalue weighted by molar-refractivity contribution is 9.10. The molecule has 114 valence electrons. The van der Waals surface area contributed by atoms with Gasteiger partial charge in [0.05, 0.1) is 5.57 Å². The summed E-state index contributed by atoms with van der Waals surface area (Å²) in [6.45, 7) is 3.27. The quantitative estimate of drug-likeness (QED) is 0.817. The number of ether oxygens (including phenoxy) is 1. The molecule has 0 fully saturated rings. The third-order valence-electron chi connectivity index (χ3n) is 3.22. The fourth-order valence-corrected chi connectivity index (χ4v) is 2.73. The highest BCUT2D eigenvalue weighted by Gasteiger charge is 2.48. The Balaban J connectivity index is 2.50. The van der Waals surface area contributed by atoms with Crippen LogP contribution in [0.5, 0.6) is 0 Å². The van der Waals surface area contributed by atoms with Crippen LogP contribution in [0.2, 0.25) is 5.02 Å². The summed E-state index contributed by atoms with van der Waals surface area (Å²) in [6.07, 6.45) is 0. The summed E-state index contributed by atoms with van der Waals surface area (Å²) in [4.78, 5) is 17.8. The smallest absolute Gasteiger partial charge is 0.282 e. The van der Waals surface area contributed by atoms with Gasteiger partial charge in [0.2, 0.25) is 0 Å². The number of nitrogens with zero attached hydrogens (tertiary/aromatic N) is 1. The molecule has 0 saturated heterocycles. The van der Waals surface area contributed by atoms with E-state index in [1.54, 1.807) is 32.0 Å². The zero-order valence-corrected chi connectivity index (χ0v) is 14.2. The standard InChI is InChI=1S/C14H15BrClNO4/c1-14(2)12(18)11(13(19)17(14)21-7-20-3)9-6-8(16)4-5-10(9)15/h4-6,18H,7H2,1-3H3. The average molecular weight is 377 g/mol. The van der Waals surface area contributed by atoms with Crippen LogP contribution in [0.15, 0.2) is 28.4 Å². The van der Waals surface area contributed by atoms with Crippen molar-refractivity contribution in [3.8, 4) is 0 Å². The summed E-state index contributed by atoms with van der Waals surface area (Å²) in [7, 11) is 1.45. The highest BCUT2D eigenvalue weighted by Crippen LogP contribution is 2.41. The van der Waals surface area contributed by atoms with Crippen LogP contribution in [0.1, 0.15) is 19.4 Å². The number of carbonyl (C=O) groups excluding carboxylic acids is 1. The molecule has 0 aliphatic carbocycles. The van der Waals surface area contributed by atoms with Gasteiger partial charge in [-0.1, -0.05) is 27.5 Å². The number of hydroxylamine groups is 2. The Morgan fingerprint density at radius 3 is 2.71 bits per heavy atom. The van der Waals surface area contributed by atoms with Crippen molar-refractivity contribution < 1.29 is 19.5 Å². The van der Waals surface area contributed by atoms with Crippen molar-refractivity contribution >= 4 is 39.0 Å². The minimum absolute atomic E-state index is 0.0773. The third kappa shape index (κ3) is 2.81. The molecular weight excluding hydrogens is 362 g/mol. The lowest BCUT2D eigenvalue weighted by molar-refractivity contribution is -0.238. The van der Waals surface area contributed by atoms with Crippen LogP contribution in [0, 0.1) is 0 Å². The molecule has 5 nitrogen and oxygen atoms in total. The summed E-state index contributed by atoms with van der Waals surface area (Å²) in [5.74, 6) is -0.524. The number of carbonyl (C=O) groups is 1. The van der Waals surface area contributed by atoms with Crippen molar-refractivity contribution in [2.45, 2.75) is 19.4 Å². The number of hydrogen-bond donors (Lipinski definition) is 1. The molecule has 1 aliphatic heterocycles. The van der Waals surface area contributed by atoms with E-state index >= 15 is 0 Å². The van der Waals surface area contributed by atoms with Crippen molar-refractivity contribution in [1.82, 2.24) is 5.06 Å². The molecule has 0 bridgehead atoms. The number of hydrogen-bond acceptors (Lipinski definition) is 4. The van der Waals surface area contributed by atoms with Crippen molar-refractivity contribution in [3.63, 3.8) is 0 Å². The maximum atomic E-state index is 12.6. The Kier molecular flexibility index (Phi) is 4.63. The molecular formula is C14H15BrClNO4. The van der Waals surface area contributed by atoms with Gasteiger partial charge in [0.15, 0.2) is 6.79 Å². The Labute approximate surface area is 136 Å². The summed E-state index contributed by atoms with van der Waals surface area (Å²) in [5.41, 5.74) is -0.320. The molecule has 2 rings (SSSR count). The third-order valence-corrected chi connectivity index (χ3v) is 4.15. The number of rotatable bonds is 4. The number of amides is 1. The molecule has 1 aromatic rings. The van der Waals surface area contributed by atoms with E-state index in [4.69, 9.17) is 21.2 Å². The maximum absolute atomic E-state index is 12.6. The van der Waals surface area contributed by atoms with Gasteiger partial charge in [-0.3, -0.25) is 4.79 Å². The molecule has 1 N–H and O–H groups in total. The van der Waals surface area contributed by atoms with Crippen LogP contribution >= 0.6 is 27.5 Å². The summed E-state index contributed by atoms with van der Waals surface area (Å²) < 4.78 is 5.48. The molecule has 1 aromatic carbocycles. The average Bonchev–Trinajstić information content (AvgIpc) is 2.58. The summed E-state index contributed by atoms with van der Waals surface area (Å²) >= 11 is 9.35. The van der Waals surface area contributed by atoms with E-state index in [1.807, 2.05) is 0 Å². The van der Waals surface area contributed by atoms with Gasteiger partial charge in [0.25, 0.3) is 5.91 Å². The first-order valence-corrected chi connectivity index (χ1v) is 7.33. The fraction of sp³-hybridized carbons (Fsp3) is 0.357. The highest BCUT2D eigenvalue weighted by atomic mass is 79.9. The molecule has 0 saturated carbocycles. The van der Waals surface area contributed by atoms with E-state index < -0.39 is 11.4 Å². The Morgan fingerprint density at radius 2 is 2.10 bits per heavy atom. The SMILES string of the molecule is COCON1C(=O)C(c2cc(Cl)ccc2Br)=C(O)C1(C)C. The fourth-order valence-electron chi connectivity index (χ4n) is 2.12. The van der Waals surface area contributed by atoms with E-state index in [1.165, 1.54) is 7.11 Å². The van der Waals surface area contributed by atoms with Gasteiger partial charge in [-0.2, -0.15) is 0 Å². The lowest BCUT2D eigenvalue weighted by Gasteiger charge is -2.30. The molecule has 0 unspecified atom stereocenters. The van der Waals surface area contributed by atoms with Gasteiger partial charge in [-0.25, -0.2) is 9.90 Å². The Morgan fingerprint density at radius 1 is 1.43 bits per heavy atom. The normalized spacial score (nSPS) is 17.8. The zero-order valence-electron chi connectivity index (χ0n) is 11.8. The molecule has 7 heteroatoms. The first-order chi connectivity index (χ1) is 9.80. The van der Waals surface area contributed by atoms with Crippen LogP contribution < -0.4 is 0 Å². The second-order valence-electron chi connectivity index (χ2n) is 5.04. The van der Waals surface area contributed by atoms with Gasteiger partial charge in [0.1, 0.15) is 11.3 Å². The predicted octanol–water partition coefficient (Wildman–Crippen LogP) is 3.53.